The van der Waals surface area contributed by atoms with Gasteiger partial charge in [0.2, 0.25) is 5.91 Å². The number of methoxy groups -OCH3 is 1. The molecule has 1 aliphatic heterocycles. The molecule has 2 aromatic rings. The first kappa shape index (κ1) is 19.6. The highest BCUT2D eigenvalue weighted by Crippen LogP contribution is 2.27. The summed E-state index contributed by atoms with van der Waals surface area (Å²) in [6, 6.07) is 5.27. The molecule has 1 atom stereocenters. The van der Waals surface area contributed by atoms with Crippen LogP contribution >= 0.6 is 11.6 Å². The van der Waals surface area contributed by atoms with E-state index in [1.54, 1.807) is 38.0 Å². The lowest BCUT2D eigenvalue weighted by Crippen LogP contribution is -2.37. The van der Waals surface area contributed by atoms with Gasteiger partial charge in [-0.25, -0.2) is 0 Å². The van der Waals surface area contributed by atoms with E-state index in [0.29, 0.717) is 28.8 Å². The van der Waals surface area contributed by atoms with E-state index in [2.05, 4.69) is 20.4 Å². The molecule has 0 radical (unpaired) electrons. The number of nitrogens with one attached hydrogen (secondary N) is 1. The first-order valence-corrected chi connectivity index (χ1v) is 9.70. The van der Waals surface area contributed by atoms with E-state index in [1.807, 2.05) is 4.57 Å². The zero-order chi connectivity index (χ0) is 19.1. The van der Waals surface area contributed by atoms with Crippen LogP contribution in [0.5, 0.6) is 5.75 Å². The van der Waals surface area contributed by atoms with Gasteiger partial charge in [-0.2, -0.15) is 0 Å². The van der Waals surface area contributed by atoms with Crippen molar-refractivity contribution in [2.75, 3.05) is 32.1 Å². The molecule has 0 bridgehead atoms. The number of carbonyl (C=O) groups excluding carboxylic acids is 1. The molecule has 7 nitrogen and oxygen atoms in total. The molecule has 2 heterocycles. The maximum absolute atomic E-state index is 12.3. The van der Waals surface area contributed by atoms with Crippen LogP contribution in [0.15, 0.2) is 30.9 Å². The number of likely N-dealkylation sites (tertiary alicyclic amines) is 1. The van der Waals surface area contributed by atoms with Crippen molar-refractivity contribution < 1.29 is 9.53 Å². The summed E-state index contributed by atoms with van der Waals surface area (Å²) >= 11 is 6.10. The van der Waals surface area contributed by atoms with Gasteiger partial charge in [-0.05, 0) is 49.9 Å². The van der Waals surface area contributed by atoms with Crippen LogP contribution in [0.25, 0.3) is 0 Å². The summed E-state index contributed by atoms with van der Waals surface area (Å²) in [5.74, 6) is 1.19. The topological polar surface area (TPSA) is 72.3 Å². The molecule has 0 aliphatic carbocycles. The molecular formula is C19H26ClN5O2. The Morgan fingerprint density at radius 3 is 2.89 bits per heavy atom. The lowest BCUT2D eigenvalue weighted by molar-refractivity contribution is -0.116. The van der Waals surface area contributed by atoms with Crippen LogP contribution in [0.2, 0.25) is 5.02 Å². The van der Waals surface area contributed by atoms with Gasteiger partial charge in [-0.15, -0.1) is 10.2 Å². The van der Waals surface area contributed by atoms with E-state index >= 15 is 0 Å². The van der Waals surface area contributed by atoms with Crippen molar-refractivity contribution in [1.29, 1.82) is 0 Å². The molecule has 1 aliphatic rings. The molecule has 0 saturated carbocycles. The standard InChI is InChI=1S/C19H26ClN5O2/c1-27-18-6-5-16(11-17(18)20)23-19(26)7-4-15-3-2-8-24(12-15)9-10-25-13-21-22-14-25/h5-6,11,13-15H,2-4,7-10,12H2,1H3,(H,23,26)/t15-/m1/s1. The fourth-order valence-electron chi connectivity index (χ4n) is 3.49. The van der Waals surface area contributed by atoms with Crippen LogP contribution < -0.4 is 10.1 Å². The molecule has 1 amide bonds. The van der Waals surface area contributed by atoms with Crippen molar-refractivity contribution in [1.82, 2.24) is 19.7 Å². The van der Waals surface area contributed by atoms with Crippen LogP contribution in [-0.4, -0.2) is 52.3 Å². The number of rotatable bonds is 8. The van der Waals surface area contributed by atoms with Crippen LogP contribution in [0.3, 0.4) is 0 Å². The molecule has 0 spiro atoms. The summed E-state index contributed by atoms with van der Waals surface area (Å²) in [5, 5.41) is 11.1. The normalized spacial score (nSPS) is 17.6. The predicted molar refractivity (Wildman–Crippen MR) is 105 cm³/mol. The van der Waals surface area contributed by atoms with Gasteiger partial charge in [-0.3, -0.25) is 4.79 Å². The van der Waals surface area contributed by atoms with E-state index in [0.717, 1.165) is 32.6 Å². The third kappa shape index (κ3) is 5.94. The lowest BCUT2D eigenvalue weighted by atomic mass is 9.93. The minimum absolute atomic E-state index is 0.0258. The second-order valence-corrected chi connectivity index (χ2v) is 7.35. The maximum Gasteiger partial charge on any atom is 0.224 e. The number of benzene rings is 1. The summed E-state index contributed by atoms with van der Waals surface area (Å²) in [6.07, 6.45) is 7.29. The number of piperidine rings is 1. The van der Waals surface area contributed by atoms with Crippen molar-refractivity contribution in [3.05, 3.63) is 35.9 Å². The van der Waals surface area contributed by atoms with Gasteiger partial charge in [0, 0.05) is 31.7 Å². The van der Waals surface area contributed by atoms with E-state index in [-0.39, 0.29) is 5.91 Å². The molecule has 1 fully saturated rings. The zero-order valence-electron chi connectivity index (χ0n) is 15.6. The second kappa shape index (κ2) is 9.71. The van der Waals surface area contributed by atoms with Crippen molar-refractivity contribution in [2.24, 2.45) is 5.92 Å². The number of hydrogen-bond acceptors (Lipinski definition) is 5. The fourth-order valence-corrected chi connectivity index (χ4v) is 3.75. The Morgan fingerprint density at radius 2 is 2.15 bits per heavy atom. The molecular weight excluding hydrogens is 366 g/mol. The lowest BCUT2D eigenvalue weighted by Gasteiger charge is -2.32. The van der Waals surface area contributed by atoms with Crippen LogP contribution in [-0.2, 0) is 11.3 Å². The SMILES string of the molecule is COc1ccc(NC(=O)CC[C@H]2CCCN(CCn3cnnc3)C2)cc1Cl. The number of halogens is 1. The Balaban J connectivity index is 1.40. The van der Waals surface area contributed by atoms with Crippen molar-refractivity contribution in [2.45, 2.75) is 32.2 Å². The Bertz CT molecular complexity index is 738. The smallest absolute Gasteiger partial charge is 0.224 e. The summed E-state index contributed by atoms with van der Waals surface area (Å²) in [7, 11) is 1.57. The monoisotopic (exact) mass is 391 g/mol. The summed E-state index contributed by atoms with van der Waals surface area (Å²) in [4.78, 5) is 14.7. The van der Waals surface area contributed by atoms with Crippen LogP contribution in [0.1, 0.15) is 25.7 Å². The maximum atomic E-state index is 12.3. The number of hydrogen-bond donors (Lipinski definition) is 1. The van der Waals surface area contributed by atoms with Crippen LogP contribution in [0, 0.1) is 5.92 Å². The van der Waals surface area contributed by atoms with Gasteiger partial charge in [0.25, 0.3) is 0 Å². The predicted octanol–water partition coefficient (Wildman–Crippen LogP) is 3.07. The highest BCUT2D eigenvalue weighted by Gasteiger charge is 2.20. The van der Waals surface area contributed by atoms with Crippen molar-refractivity contribution in [3.8, 4) is 5.75 Å². The number of ether oxygens (including phenoxy) is 1. The largest absolute Gasteiger partial charge is 0.495 e. The number of aromatic nitrogens is 3. The molecule has 8 heteroatoms. The van der Waals surface area contributed by atoms with Crippen molar-refractivity contribution >= 4 is 23.2 Å². The molecule has 0 unspecified atom stereocenters. The third-order valence-electron chi connectivity index (χ3n) is 4.96. The first-order valence-electron chi connectivity index (χ1n) is 9.32. The van der Waals surface area contributed by atoms with E-state index in [1.165, 1.54) is 12.8 Å². The third-order valence-corrected chi connectivity index (χ3v) is 5.25. The molecule has 1 aromatic heterocycles. The first-order chi connectivity index (χ1) is 13.1. The quantitative estimate of drug-likeness (QED) is 0.748. The highest BCUT2D eigenvalue weighted by atomic mass is 35.5. The molecule has 3 rings (SSSR count). The average molecular weight is 392 g/mol. The minimum atomic E-state index is 0.0258. The van der Waals surface area contributed by atoms with E-state index in [4.69, 9.17) is 16.3 Å². The van der Waals surface area contributed by atoms with E-state index in [9.17, 15) is 4.79 Å². The molecule has 146 valence electrons. The number of carbonyl (C=O) groups is 1. The second-order valence-electron chi connectivity index (χ2n) is 6.94. The molecule has 1 saturated heterocycles. The highest BCUT2D eigenvalue weighted by molar-refractivity contribution is 6.32. The Hall–Kier alpha value is -2.12. The van der Waals surface area contributed by atoms with Gasteiger partial charge in [0.1, 0.15) is 18.4 Å². The Kier molecular flexibility index (Phi) is 7.06. The van der Waals surface area contributed by atoms with E-state index < -0.39 is 0 Å². The molecule has 27 heavy (non-hydrogen) atoms. The van der Waals surface area contributed by atoms with Gasteiger partial charge >= 0.3 is 0 Å². The zero-order valence-corrected chi connectivity index (χ0v) is 16.4. The van der Waals surface area contributed by atoms with Crippen molar-refractivity contribution in [3.63, 3.8) is 0 Å². The molecule has 1 N–H and O–H groups in total. The molecule has 1 aromatic carbocycles. The summed E-state index contributed by atoms with van der Waals surface area (Å²) < 4.78 is 7.12. The van der Waals surface area contributed by atoms with Gasteiger partial charge in [0.15, 0.2) is 0 Å². The Labute approximate surface area is 164 Å². The van der Waals surface area contributed by atoms with Crippen LogP contribution in [0.4, 0.5) is 5.69 Å². The summed E-state index contributed by atoms with van der Waals surface area (Å²) in [6.45, 7) is 4.06. The van der Waals surface area contributed by atoms with Gasteiger partial charge in [-0.1, -0.05) is 11.6 Å². The number of amides is 1. The number of anilines is 1. The fraction of sp³-hybridized carbons (Fsp3) is 0.526. The van der Waals surface area contributed by atoms with Gasteiger partial charge in [0.05, 0.1) is 12.1 Å². The average Bonchev–Trinajstić information content (AvgIpc) is 3.19. The van der Waals surface area contributed by atoms with Gasteiger partial charge < -0.3 is 19.5 Å². The number of nitrogens with zero attached hydrogens (tertiary/aromatic N) is 4. The summed E-state index contributed by atoms with van der Waals surface area (Å²) in [5.41, 5.74) is 0.699. The minimum Gasteiger partial charge on any atom is -0.495 e. The Morgan fingerprint density at radius 1 is 1.33 bits per heavy atom.